The van der Waals surface area contributed by atoms with Crippen molar-refractivity contribution in [2.75, 3.05) is 11.4 Å². The van der Waals surface area contributed by atoms with Crippen molar-refractivity contribution in [3.05, 3.63) is 11.3 Å². The topological polar surface area (TPSA) is 104 Å². The third-order valence-corrected chi connectivity index (χ3v) is 3.80. The summed E-state index contributed by atoms with van der Waals surface area (Å²) in [6.07, 6.45) is -0.469. The van der Waals surface area contributed by atoms with Crippen molar-refractivity contribution in [3.63, 3.8) is 0 Å². The molecule has 0 spiro atoms. The number of carbonyl (C=O) groups is 1. The molecule has 0 radical (unpaired) electrons. The summed E-state index contributed by atoms with van der Waals surface area (Å²) in [5.41, 5.74) is 0.326. The molecule has 1 aromatic rings. The first-order valence-corrected chi connectivity index (χ1v) is 6.39. The molecule has 9 heteroatoms. The number of nitriles is 1. The molecule has 0 aromatic carbocycles. The van der Waals surface area contributed by atoms with Crippen LogP contribution in [0.25, 0.3) is 0 Å². The van der Waals surface area contributed by atoms with Crippen LogP contribution in [0.4, 0.5) is 9.77 Å². The van der Waals surface area contributed by atoms with Gasteiger partial charge in [-0.05, 0) is 6.92 Å². The Morgan fingerprint density at radius 2 is 2.28 bits per heavy atom. The molecule has 7 nitrogen and oxygen atoms in total. The quantitative estimate of drug-likeness (QED) is 0.716. The minimum Gasteiger partial charge on any atom is -0.336 e. The van der Waals surface area contributed by atoms with E-state index in [1.165, 1.54) is 6.92 Å². The number of aromatic nitrogens is 1. The molecule has 1 amide bonds. The zero-order valence-corrected chi connectivity index (χ0v) is 10.1. The van der Waals surface area contributed by atoms with Crippen LogP contribution in [-0.2, 0) is 15.0 Å². The number of nitrogens with zero attached hydrogens (tertiary/aromatic N) is 3. The zero-order chi connectivity index (χ0) is 13.5. The monoisotopic (exact) mass is 273 g/mol. The Balaban J connectivity index is 2.37. The number of rotatable bonds is 2. The number of anilines is 1. The van der Waals surface area contributed by atoms with Crippen molar-refractivity contribution in [3.8, 4) is 6.07 Å². The van der Waals surface area contributed by atoms with Crippen LogP contribution in [0.2, 0.25) is 0 Å². The summed E-state index contributed by atoms with van der Waals surface area (Å²) >= 11 is 0. The Morgan fingerprint density at radius 3 is 2.78 bits per heavy atom. The van der Waals surface area contributed by atoms with Crippen molar-refractivity contribution in [2.24, 2.45) is 0 Å². The van der Waals surface area contributed by atoms with E-state index in [0.717, 1.165) is 4.90 Å². The van der Waals surface area contributed by atoms with Crippen LogP contribution in [0.5, 0.6) is 0 Å². The third-order valence-electron chi connectivity index (χ3n) is 2.69. The summed E-state index contributed by atoms with van der Waals surface area (Å²) in [7, 11) is -4.80. The van der Waals surface area contributed by atoms with Crippen molar-refractivity contribution in [2.45, 2.75) is 18.6 Å². The second-order valence-corrected chi connectivity index (χ2v) is 5.48. The lowest BCUT2D eigenvalue weighted by Gasteiger charge is -2.11. The summed E-state index contributed by atoms with van der Waals surface area (Å²) in [5.74, 6) is -0.750. The maximum atomic E-state index is 12.8. The van der Waals surface area contributed by atoms with Crippen molar-refractivity contribution >= 4 is 22.0 Å². The SMILES string of the molecule is Cc1noc(N2CC(S(=O)(=O)F)CC2=O)c1C#N. The van der Waals surface area contributed by atoms with Gasteiger partial charge in [0, 0.05) is 13.0 Å². The van der Waals surface area contributed by atoms with Gasteiger partial charge in [-0.1, -0.05) is 5.16 Å². The standard InChI is InChI=1S/C9H8FN3O4S/c1-5-7(3-11)9(17-12-5)13-4-6(2-8(13)14)18(10,15)16/h6H,2,4H2,1H3. The molecule has 1 saturated heterocycles. The Kier molecular flexibility index (Phi) is 2.82. The van der Waals surface area contributed by atoms with Crippen molar-refractivity contribution in [1.29, 1.82) is 5.26 Å². The average molecular weight is 273 g/mol. The number of amides is 1. The van der Waals surface area contributed by atoms with Crippen molar-refractivity contribution in [1.82, 2.24) is 5.16 Å². The number of aryl methyl sites for hydroxylation is 1. The van der Waals surface area contributed by atoms with Crippen molar-refractivity contribution < 1.29 is 21.6 Å². The normalized spacial score (nSPS) is 20.2. The molecule has 18 heavy (non-hydrogen) atoms. The lowest BCUT2D eigenvalue weighted by molar-refractivity contribution is -0.117. The Morgan fingerprint density at radius 1 is 1.61 bits per heavy atom. The van der Waals surface area contributed by atoms with E-state index >= 15 is 0 Å². The molecule has 0 N–H and O–H groups in total. The molecule has 2 heterocycles. The fourth-order valence-corrected chi connectivity index (χ4v) is 2.40. The first-order valence-electron chi connectivity index (χ1n) is 4.94. The fourth-order valence-electron chi connectivity index (χ4n) is 1.73. The van der Waals surface area contributed by atoms with E-state index in [1.54, 1.807) is 6.07 Å². The van der Waals surface area contributed by atoms with Gasteiger partial charge < -0.3 is 4.52 Å². The maximum Gasteiger partial charge on any atom is 0.307 e. The van der Waals surface area contributed by atoms with E-state index in [2.05, 4.69) is 5.16 Å². The fraction of sp³-hybridized carbons (Fsp3) is 0.444. The van der Waals surface area contributed by atoms with E-state index in [4.69, 9.17) is 9.78 Å². The van der Waals surface area contributed by atoms with Gasteiger partial charge in [-0.2, -0.15) is 13.7 Å². The maximum absolute atomic E-state index is 12.8. The molecule has 1 aromatic heterocycles. The first kappa shape index (κ1) is 12.5. The van der Waals surface area contributed by atoms with Gasteiger partial charge in [-0.3, -0.25) is 9.69 Å². The van der Waals surface area contributed by atoms with Crippen LogP contribution in [0.15, 0.2) is 4.52 Å². The van der Waals surface area contributed by atoms with E-state index in [1.807, 2.05) is 0 Å². The van der Waals surface area contributed by atoms with E-state index in [9.17, 15) is 17.1 Å². The number of hydrogen-bond donors (Lipinski definition) is 0. The zero-order valence-electron chi connectivity index (χ0n) is 9.25. The summed E-state index contributed by atoms with van der Waals surface area (Å²) in [6, 6.07) is 1.80. The molecule has 1 atom stereocenters. The highest BCUT2D eigenvalue weighted by molar-refractivity contribution is 7.87. The second-order valence-electron chi connectivity index (χ2n) is 3.87. The average Bonchev–Trinajstić information content (AvgIpc) is 2.80. The van der Waals surface area contributed by atoms with E-state index in [0.29, 0.717) is 0 Å². The molecule has 2 rings (SSSR count). The molecule has 1 aliphatic rings. The van der Waals surface area contributed by atoms with Gasteiger partial charge in [-0.25, -0.2) is 0 Å². The predicted octanol–water partition coefficient (Wildman–Crippen LogP) is 0.259. The lowest BCUT2D eigenvalue weighted by Crippen LogP contribution is -2.27. The molecule has 96 valence electrons. The number of halogens is 1. The highest BCUT2D eigenvalue weighted by atomic mass is 32.3. The predicted molar refractivity (Wildman–Crippen MR) is 56.7 cm³/mol. The number of carbonyl (C=O) groups excluding carboxylic acids is 1. The molecule has 0 bridgehead atoms. The van der Waals surface area contributed by atoms with Crippen LogP contribution in [-0.4, -0.2) is 31.3 Å². The molecular formula is C9H8FN3O4S. The lowest BCUT2D eigenvalue weighted by atomic mass is 10.2. The van der Waals surface area contributed by atoms with Crippen LogP contribution in [0.1, 0.15) is 17.7 Å². The molecule has 1 unspecified atom stereocenters. The van der Waals surface area contributed by atoms with Gasteiger partial charge in [0.1, 0.15) is 22.6 Å². The first-order chi connectivity index (χ1) is 8.34. The molecular weight excluding hydrogens is 265 g/mol. The second kappa shape index (κ2) is 4.06. The molecule has 0 aliphatic carbocycles. The van der Waals surface area contributed by atoms with Gasteiger partial charge in [0.05, 0.1) is 0 Å². The summed E-state index contributed by atoms with van der Waals surface area (Å²) in [6.45, 7) is 1.14. The van der Waals surface area contributed by atoms with Gasteiger partial charge in [-0.15, -0.1) is 3.89 Å². The summed E-state index contributed by atoms with van der Waals surface area (Å²) in [5, 5.41) is 11.0. The number of hydrogen-bond acceptors (Lipinski definition) is 6. The van der Waals surface area contributed by atoms with Gasteiger partial charge in [0.25, 0.3) is 5.88 Å². The third kappa shape index (κ3) is 1.95. The Hall–Kier alpha value is -1.95. The van der Waals surface area contributed by atoms with Gasteiger partial charge in [0.15, 0.2) is 0 Å². The van der Waals surface area contributed by atoms with E-state index < -0.39 is 27.8 Å². The molecule has 0 saturated carbocycles. The van der Waals surface area contributed by atoms with Crippen LogP contribution >= 0.6 is 0 Å². The Labute approximate surface area is 102 Å². The smallest absolute Gasteiger partial charge is 0.307 e. The van der Waals surface area contributed by atoms with Gasteiger partial charge >= 0.3 is 10.2 Å². The Bertz CT molecular complexity index is 645. The van der Waals surface area contributed by atoms with Gasteiger partial charge in [0.2, 0.25) is 5.91 Å². The van der Waals surface area contributed by atoms with Crippen LogP contribution in [0, 0.1) is 18.3 Å². The highest BCUT2D eigenvalue weighted by Gasteiger charge is 2.41. The molecule has 1 fully saturated rings. The summed E-state index contributed by atoms with van der Waals surface area (Å²) in [4.78, 5) is 12.5. The van der Waals surface area contributed by atoms with Crippen LogP contribution in [0.3, 0.4) is 0 Å². The van der Waals surface area contributed by atoms with Crippen LogP contribution < -0.4 is 4.90 Å². The summed E-state index contributed by atoms with van der Waals surface area (Å²) < 4.78 is 39.2. The largest absolute Gasteiger partial charge is 0.336 e. The minimum absolute atomic E-state index is 0.0419. The highest BCUT2D eigenvalue weighted by Crippen LogP contribution is 2.29. The molecule has 1 aliphatic heterocycles. The van der Waals surface area contributed by atoms with E-state index in [-0.39, 0.29) is 23.7 Å². The minimum atomic E-state index is -4.80.